The van der Waals surface area contributed by atoms with Crippen molar-refractivity contribution in [3.8, 4) is 0 Å². The molecule has 0 radical (unpaired) electrons. The Morgan fingerprint density at radius 2 is 2.39 bits per heavy atom. The van der Waals surface area contributed by atoms with Gasteiger partial charge in [-0.15, -0.1) is 0 Å². The number of likely N-dealkylation sites (N-methyl/N-ethyl adjacent to an activating group) is 1. The van der Waals surface area contributed by atoms with Crippen LogP contribution < -0.4 is 5.32 Å². The number of aromatic nitrogens is 2. The van der Waals surface area contributed by atoms with Crippen molar-refractivity contribution < 1.29 is 0 Å². The SMILES string of the molecule is CCNC(Cc1cc(C)nn1C)C1CCCCS1. The molecule has 1 N–H and O–H groups in total. The molecule has 102 valence electrons. The first-order valence-electron chi connectivity index (χ1n) is 7.05. The van der Waals surface area contributed by atoms with E-state index >= 15 is 0 Å². The van der Waals surface area contributed by atoms with Crippen LogP contribution in [0, 0.1) is 6.92 Å². The van der Waals surface area contributed by atoms with Crippen LogP contribution in [0.1, 0.15) is 37.6 Å². The summed E-state index contributed by atoms with van der Waals surface area (Å²) in [4.78, 5) is 0. The van der Waals surface area contributed by atoms with E-state index < -0.39 is 0 Å². The van der Waals surface area contributed by atoms with Crippen LogP contribution in [-0.4, -0.2) is 33.4 Å². The van der Waals surface area contributed by atoms with Crippen molar-refractivity contribution in [2.45, 2.75) is 50.8 Å². The summed E-state index contributed by atoms with van der Waals surface area (Å²) < 4.78 is 2.03. The second-order valence-electron chi connectivity index (χ2n) is 5.17. The summed E-state index contributed by atoms with van der Waals surface area (Å²) in [5.74, 6) is 1.33. The van der Waals surface area contributed by atoms with Crippen LogP contribution in [0.4, 0.5) is 0 Å². The van der Waals surface area contributed by atoms with Gasteiger partial charge in [0.2, 0.25) is 0 Å². The van der Waals surface area contributed by atoms with Crippen molar-refractivity contribution in [2.75, 3.05) is 12.3 Å². The van der Waals surface area contributed by atoms with Gasteiger partial charge in [-0.3, -0.25) is 4.68 Å². The summed E-state index contributed by atoms with van der Waals surface area (Å²) >= 11 is 2.15. The molecule has 2 unspecified atom stereocenters. The molecule has 1 aromatic heterocycles. The third-order valence-electron chi connectivity index (χ3n) is 3.66. The summed E-state index contributed by atoms with van der Waals surface area (Å²) in [5.41, 5.74) is 2.48. The highest BCUT2D eigenvalue weighted by atomic mass is 32.2. The second-order valence-corrected chi connectivity index (χ2v) is 6.52. The minimum Gasteiger partial charge on any atom is -0.313 e. The normalized spacial score (nSPS) is 22.1. The van der Waals surface area contributed by atoms with Crippen LogP contribution in [0.15, 0.2) is 6.07 Å². The molecule has 0 aromatic carbocycles. The molecule has 0 aliphatic carbocycles. The Labute approximate surface area is 115 Å². The maximum absolute atomic E-state index is 4.45. The Balaban J connectivity index is 2.02. The molecule has 0 amide bonds. The lowest BCUT2D eigenvalue weighted by Crippen LogP contribution is -2.41. The van der Waals surface area contributed by atoms with E-state index in [0.717, 1.165) is 23.9 Å². The van der Waals surface area contributed by atoms with E-state index in [0.29, 0.717) is 6.04 Å². The number of thioether (sulfide) groups is 1. The maximum Gasteiger partial charge on any atom is 0.0596 e. The van der Waals surface area contributed by atoms with E-state index in [1.165, 1.54) is 30.7 Å². The lowest BCUT2D eigenvalue weighted by atomic mass is 10.0. The average molecular weight is 267 g/mol. The largest absolute Gasteiger partial charge is 0.313 e. The van der Waals surface area contributed by atoms with Crippen LogP contribution in [0.2, 0.25) is 0 Å². The van der Waals surface area contributed by atoms with Gasteiger partial charge in [0.1, 0.15) is 0 Å². The van der Waals surface area contributed by atoms with Crippen LogP contribution in [0.5, 0.6) is 0 Å². The quantitative estimate of drug-likeness (QED) is 0.889. The highest BCUT2D eigenvalue weighted by molar-refractivity contribution is 8.00. The van der Waals surface area contributed by atoms with Gasteiger partial charge >= 0.3 is 0 Å². The number of aryl methyl sites for hydroxylation is 2. The van der Waals surface area contributed by atoms with Crippen molar-refractivity contribution in [2.24, 2.45) is 7.05 Å². The van der Waals surface area contributed by atoms with Crippen LogP contribution >= 0.6 is 11.8 Å². The minimum absolute atomic E-state index is 0.593. The molecule has 3 nitrogen and oxygen atoms in total. The zero-order valence-electron chi connectivity index (χ0n) is 11.8. The molecule has 2 rings (SSSR count). The van der Waals surface area contributed by atoms with Gasteiger partial charge in [0, 0.05) is 30.5 Å². The summed E-state index contributed by atoms with van der Waals surface area (Å²) in [6, 6.07) is 2.81. The van der Waals surface area contributed by atoms with E-state index in [-0.39, 0.29) is 0 Å². The fraction of sp³-hybridized carbons (Fsp3) is 0.786. The van der Waals surface area contributed by atoms with Crippen LogP contribution in [0.25, 0.3) is 0 Å². The molecular formula is C14H25N3S. The Morgan fingerprint density at radius 3 is 2.94 bits per heavy atom. The fourth-order valence-electron chi connectivity index (χ4n) is 2.76. The first-order chi connectivity index (χ1) is 8.70. The Kier molecular flexibility index (Phi) is 5.13. The van der Waals surface area contributed by atoms with E-state index in [9.17, 15) is 0 Å². The second kappa shape index (κ2) is 6.62. The number of hydrogen-bond donors (Lipinski definition) is 1. The van der Waals surface area contributed by atoms with Gasteiger partial charge < -0.3 is 5.32 Å². The molecule has 0 spiro atoms. The van der Waals surface area contributed by atoms with Crippen molar-refractivity contribution in [3.05, 3.63) is 17.5 Å². The molecule has 1 aliphatic heterocycles. The summed E-state index contributed by atoms with van der Waals surface area (Å²) in [6.45, 7) is 5.33. The summed E-state index contributed by atoms with van der Waals surface area (Å²) in [5, 5.41) is 8.90. The topological polar surface area (TPSA) is 29.9 Å². The van der Waals surface area contributed by atoms with Crippen molar-refractivity contribution in [3.63, 3.8) is 0 Å². The van der Waals surface area contributed by atoms with E-state index in [1.54, 1.807) is 0 Å². The summed E-state index contributed by atoms with van der Waals surface area (Å²) in [6.07, 6.45) is 5.25. The van der Waals surface area contributed by atoms with Gasteiger partial charge in [0.05, 0.1) is 5.69 Å². The monoisotopic (exact) mass is 267 g/mol. The molecule has 2 heterocycles. The molecule has 1 fully saturated rings. The molecule has 1 aliphatic rings. The Hall–Kier alpha value is -0.480. The van der Waals surface area contributed by atoms with Crippen LogP contribution in [-0.2, 0) is 13.5 Å². The first kappa shape index (κ1) is 13.9. The van der Waals surface area contributed by atoms with Gasteiger partial charge in [-0.2, -0.15) is 16.9 Å². The number of nitrogens with one attached hydrogen (secondary N) is 1. The van der Waals surface area contributed by atoms with Crippen molar-refractivity contribution >= 4 is 11.8 Å². The maximum atomic E-state index is 4.45. The van der Waals surface area contributed by atoms with Crippen molar-refractivity contribution in [1.82, 2.24) is 15.1 Å². The average Bonchev–Trinajstić information content (AvgIpc) is 2.68. The Morgan fingerprint density at radius 1 is 1.56 bits per heavy atom. The third kappa shape index (κ3) is 3.51. The molecule has 4 heteroatoms. The highest BCUT2D eigenvalue weighted by Gasteiger charge is 2.24. The Bertz CT molecular complexity index is 369. The molecule has 18 heavy (non-hydrogen) atoms. The standard InChI is InChI=1S/C14H25N3S/c1-4-15-13(14-7-5-6-8-18-14)10-12-9-11(2)16-17(12)3/h9,13-15H,4-8,10H2,1-3H3. The fourth-order valence-corrected chi connectivity index (χ4v) is 4.19. The number of rotatable bonds is 5. The molecule has 0 bridgehead atoms. The van der Waals surface area contributed by atoms with Crippen LogP contribution in [0.3, 0.4) is 0 Å². The molecule has 1 saturated heterocycles. The lowest BCUT2D eigenvalue weighted by molar-refractivity contribution is 0.461. The molecule has 2 atom stereocenters. The van der Waals surface area contributed by atoms with Gasteiger partial charge in [-0.1, -0.05) is 13.3 Å². The van der Waals surface area contributed by atoms with Gasteiger partial charge in [0.15, 0.2) is 0 Å². The molecule has 0 saturated carbocycles. The predicted octanol–water partition coefficient (Wildman–Crippen LogP) is 2.53. The first-order valence-corrected chi connectivity index (χ1v) is 8.10. The number of nitrogens with zero attached hydrogens (tertiary/aromatic N) is 2. The number of hydrogen-bond acceptors (Lipinski definition) is 3. The smallest absolute Gasteiger partial charge is 0.0596 e. The molecule has 1 aromatic rings. The van der Waals surface area contributed by atoms with Gasteiger partial charge in [0.25, 0.3) is 0 Å². The summed E-state index contributed by atoms with van der Waals surface area (Å²) in [7, 11) is 2.05. The van der Waals surface area contributed by atoms with E-state index in [1.807, 2.05) is 4.68 Å². The van der Waals surface area contributed by atoms with Gasteiger partial charge in [-0.05, 0) is 38.1 Å². The molecular weight excluding hydrogens is 242 g/mol. The van der Waals surface area contributed by atoms with E-state index in [4.69, 9.17) is 0 Å². The predicted molar refractivity (Wildman–Crippen MR) is 79.2 cm³/mol. The third-order valence-corrected chi connectivity index (χ3v) is 5.17. The highest BCUT2D eigenvalue weighted by Crippen LogP contribution is 2.29. The zero-order chi connectivity index (χ0) is 13.0. The van der Waals surface area contributed by atoms with Gasteiger partial charge in [-0.25, -0.2) is 0 Å². The zero-order valence-corrected chi connectivity index (χ0v) is 12.6. The van der Waals surface area contributed by atoms with Crippen molar-refractivity contribution in [1.29, 1.82) is 0 Å². The van der Waals surface area contributed by atoms with E-state index in [2.05, 4.69) is 49.1 Å². The minimum atomic E-state index is 0.593. The lowest BCUT2D eigenvalue weighted by Gasteiger charge is -2.30.